The minimum Gasteiger partial charge on any atom is -0.479 e. The molecule has 1 rings (SSSR count). The molecule has 0 aromatic heterocycles. The first kappa shape index (κ1) is 10.8. The van der Waals surface area contributed by atoms with E-state index in [9.17, 15) is 9.18 Å². The molecule has 0 saturated carbocycles. The summed E-state index contributed by atoms with van der Waals surface area (Å²) in [6.45, 7) is 1.36. The van der Waals surface area contributed by atoms with Gasteiger partial charge < -0.3 is 9.84 Å². The molecule has 0 saturated heterocycles. The average molecular weight is 219 g/mol. The van der Waals surface area contributed by atoms with Gasteiger partial charge in [-0.05, 0) is 19.1 Å². The van der Waals surface area contributed by atoms with Crippen LogP contribution in [0.4, 0.5) is 4.39 Å². The summed E-state index contributed by atoms with van der Waals surface area (Å²) in [7, 11) is 0. The summed E-state index contributed by atoms with van der Waals surface area (Å²) in [4.78, 5) is 10.4. The minimum absolute atomic E-state index is 0.0275. The zero-order chi connectivity index (χ0) is 10.7. The van der Waals surface area contributed by atoms with E-state index in [0.717, 1.165) is 6.07 Å². The first-order valence-electron chi connectivity index (χ1n) is 3.85. The fourth-order valence-electron chi connectivity index (χ4n) is 0.805. The van der Waals surface area contributed by atoms with Gasteiger partial charge in [-0.3, -0.25) is 0 Å². The molecule has 0 spiro atoms. The fraction of sp³-hybridized carbons (Fsp3) is 0.222. The predicted molar refractivity (Wildman–Crippen MR) is 49.1 cm³/mol. The fourth-order valence-corrected chi connectivity index (χ4v) is 0.922. The average Bonchev–Trinajstić information content (AvgIpc) is 2.11. The topological polar surface area (TPSA) is 46.5 Å². The summed E-state index contributed by atoms with van der Waals surface area (Å²) in [6, 6.07) is 3.76. The van der Waals surface area contributed by atoms with E-state index in [2.05, 4.69) is 0 Å². The summed E-state index contributed by atoms with van der Waals surface area (Å²) >= 11 is 5.43. The van der Waals surface area contributed by atoms with E-state index in [1.54, 1.807) is 0 Å². The number of ether oxygens (including phenoxy) is 1. The van der Waals surface area contributed by atoms with Crippen LogP contribution in [0.5, 0.6) is 5.75 Å². The van der Waals surface area contributed by atoms with E-state index in [-0.39, 0.29) is 10.8 Å². The molecule has 1 aromatic rings. The lowest BCUT2D eigenvalue weighted by Crippen LogP contribution is -2.22. The Hall–Kier alpha value is -1.29. The van der Waals surface area contributed by atoms with Crippen LogP contribution >= 0.6 is 11.6 Å². The Bertz CT molecular complexity index is 354. The van der Waals surface area contributed by atoms with Gasteiger partial charge in [0, 0.05) is 6.07 Å². The minimum atomic E-state index is -1.11. The molecule has 0 radical (unpaired) electrons. The first-order chi connectivity index (χ1) is 6.50. The van der Waals surface area contributed by atoms with Crippen LogP contribution in [-0.2, 0) is 4.79 Å². The third-order valence-corrected chi connectivity index (χ3v) is 1.86. The summed E-state index contributed by atoms with van der Waals surface area (Å²) in [5, 5.41) is 8.49. The van der Waals surface area contributed by atoms with Crippen molar-refractivity contribution in [2.24, 2.45) is 0 Å². The van der Waals surface area contributed by atoms with Crippen LogP contribution in [0.15, 0.2) is 18.2 Å². The van der Waals surface area contributed by atoms with Gasteiger partial charge in [-0.25, -0.2) is 9.18 Å². The highest BCUT2D eigenvalue weighted by Gasteiger charge is 2.13. The molecule has 0 aliphatic carbocycles. The molecule has 1 unspecified atom stereocenters. The van der Waals surface area contributed by atoms with Gasteiger partial charge >= 0.3 is 5.97 Å². The summed E-state index contributed by atoms with van der Waals surface area (Å²) in [5.74, 6) is -1.61. The van der Waals surface area contributed by atoms with E-state index >= 15 is 0 Å². The number of hydrogen-bond acceptors (Lipinski definition) is 2. The Labute approximate surface area is 85.1 Å². The van der Waals surface area contributed by atoms with Crippen molar-refractivity contribution in [3.63, 3.8) is 0 Å². The van der Waals surface area contributed by atoms with Crippen LogP contribution in [0.1, 0.15) is 6.92 Å². The van der Waals surface area contributed by atoms with Crippen molar-refractivity contribution >= 4 is 17.6 Å². The maximum Gasteiger partial charge on any atom is 0.344 e. The van der Waals surface area contributed by atoms with Gasteiger partial charge in [-0.15, -0.1) is 0 Å². The molecule has 0 aliphatic heterocycles. The van der Waals surface area contributed by atoms with Gasteiger partial charge in [0.15, 0.2) is 6.10 Å². The van der Waals surface area contributed by atoms with Crippen molar-refractivity contribution in [3.05, 3.63) is 29.0 Å². The lowest BCUT2D eigenvalue weighted by Gasteiger charge is -2.10. The van der Waals surface area contributed by atoms with Crippen LogP contribution < -0.4 is 4.74 Å². The number of carbonyl (C=O) groups is 1. The van der Waals surface area contributed by atoms with E-state index in [0.29, 0.717) is 0 Å². The number of rotatable bonds is 3. The Morgan fingerprint density at radius 2 is 2.29 bits per heavy atom. The normalized spacial score (nSPS) is 12.2. The molecule has 0 amide bonds. The van der Waals surface area contributed by atoms with Crippen LogP contribution in [0.3, 0.4) is 0 Å². The van der Waals surface area contributed by atoms with E-state index in [1.165, 1.54) is 19.1 Å². The van der Waals surface area contributed by atoms with Gasteiger partial charge in [-0.1, -0.05) is 11.6 Å². The molecule has 0 aliphatic rings. The van der Waals surface area contributed by atoms with Crippen molar-refractivity contribution in [2.75, 3.05) is 0 Å². The van der Waals surface area contributed by atoms with E-state index in [1.807, 2.05) is 0 Å². The Morgan fingerprint density at radius 3 is 2.79 bits per heavy atom. The van der Waals surface area contributed by atoms with Crippen molar-refractivity contribution in [1.82, 2.24) is 0 Å². The molecule has 0 heterocycles. The molecule has 1 atom stereocenters. The second kappa shape index (κ2) is 4.28. The van der Waals surface area contributed by atoms with Crippen molar-refractivity contribution in [3.8, 4) is 5.75 Å². The monoisotopic (exact) mass is 218 g/mol. The molecule has 0 fully saturated rings. The second-order valence-electron chi connectivity index (χ2n) is 2.67. The van der Waals surface area contributed by atoms with Gasteiger partial charge in [-0.2, -0.15) is 0 Å². The van der Waals surface area contributed by atoms with Crippen molar-refractivity contribution in [2.45, 2.75) is 13.0 Å². The number of carboxylic acid groups (broad SMARTS) is 1. The van der Waals surface area contributed by atoms with Crippen LogP contribution in [0.25, 0.3) is 0 Å². The Balaban J connectivity index is 2.78. The third kappa shape index (κ3) is 2.60. The highest BCUT2D eigenvalue weighted by atomic mass is 35.5. The standard InChI is InChI=1S/C9H8ClFO3/c1-5(9(12)13)14-6-2-3-7(10)8(11)4-6/h2-5H,1H3,(H,12,13). The number of carboxylic acids is 1. The number of halogens is 2. The largest absolute Gasteiger partial charge is 0.479 e. The molecule has 0 bridgehead atoms. The molecule has 14 heavy (non-hydrogen) atoms. The molecule has 76 valence electrons. The van der Waals surface area contributed by atoms with Crippen molar-refractivity contribution in [1.29, 1.82) is 0 Å². The summed E-state index contributed by atoms with van der Waals surface area (Å²) < 4.78 is 17.8. The zero-order valence-corrected chi connectivity index (χ0v) is 8.08. The maximum absolute atomic E-state index is 12.9. The van der Waals surface area contributed by atoms with Crippen molar-refractivity contribution < 1.29 is 19.0 Å². The quantitative estimate of drug-likeness (QED) is 0.847. The molecule has 5 heteroatoms. The van der Waals surface area contributed by atoms with Gasteiger partial charge in [0.05, 0.1) is 5.02 Å². The highest BCUT2D eigenvalue weighted by molar-refractivity contribution is 6.30. The molecule has 1 aromatic carbocycles. The highest BCUT2D eigenvalue weighted by Crippen LogP contribution is 2.21. The Morgan fingerprint density at radius 1 is 1.64 bits per heavy atom. The van der Waals surface area contributed by atoms with Gasteiger partial charge in [0.25, 0.3) is 0 Å². The van der Waals surface area contributed by atoms with E-state index in [4.69, 9.17) is 21.4 Å². The molecular weight excluding hydrogens is 211 g/mol. The zero-order valence-electron chi connectivity index (χ0n) is 7.33. The number of benzene rings is 1. The van der Waals surface area contributed by atoms with E-state index < -0.39 is 17.9 Å². The number of hydrogen-bond donors (Lipinski definition) is 1. The first-order valence-corrected chi connectivity index (χ1v) is 4.23. The third-order valence-electron chi connectivity index (χ3n) is 1.55. The molecular formula is C9H8ClFO3. The predicted octanol–water partition coefficient (Wildman–Crippen LogP) is 2.33. The summed E-state index contributed by atoms with van der Waals surface area (Å²) in [6.07, 6.45) is -1.02. The SMILES string of the molecule is CC(Oc1ccc(Cl)c(F)c1)C(=O)O. The van der Waals surface area contributed by atoms with Crippen LogP contribution in [0.2, 0.25) is 5.02 Å². The Kier molecular flexibility index (Phi) is 3.30. The van der Waals surface area contributed by atoms with Crippen LogP contribution in [0, 0.1) is 5.82 Å². The maximum atomic E-state index is 12.9. The smallest absolute Gasteiger partial charge is 0.344 e. The number of aliphatic carboxylic acids is 1. The van der Waals surface area contributed by atoms with Gasteiger partial charge in [0.1, 0.15) is 11.6 Å². The lowest BCUT2D eigenvalue weighted by atomic mass is 10.3. The van der Waals surface area contributed by atoms with Gasteiger partial charge in [0.2, 0.25) is 0 Å². The molecule has 3 nitrogen and oxygen atoms in total. The van der Waals surface area contributed by atoms with Crippen LogP contribution in [-0.4, -0.2) is 17.2 Å². The lowest BCUT2D eigenvalue weighted by molar-refractivity contribution is -0.144. The summed E-state index contributed by atoms with van der Waals surface area (Å²) in [5.41, 5.74) is 0. The molecule has 1 N–H and O–H groups in total. The second-order valence-corrected chi connectivity index (χ2v) is 3.08.